The normalized spacial score (nSPS) is 10.7. The van der Waals surface area contributed by atoms with Gasteiger partial charge in [-0.25, -0.2) is 0 Å². The van der Waals surface area contributed by atoms with Crippen molar-refractivity contribution < 1.29 is 19.4 Å². The van der Waals surface area contributed by atoms with Crippen molar-refractivity contribution in [1.82, 2.24) is 10.2 Å². The van der Waals surface area contributed by atoms with Crippen LogP contribution >= 0.6 is 0 Å². The third kappa shape index (κ3) is 11.7. The average Bonchev–Trinajstić information content (AvgIpc) is 3.09. The second-order valence-electron chi connectivity index (χ2n) is 11.1. The molecule has 0 saturated carbocycles. The lowest BCUT2D eigenvalue weighted by Gasteiger charge is -2.22. The van der Waals surface area contributed by atoms with Crippen molar-refractivity contribution in [2.75, 3.05) is 54.0 Å². The highest BCUT2D eigenvalue weighted by Crippen LogP contribution is 2.32. The first-order chi connectivity index (χ1) is 23.7. The van der Waals surface area contributed by atoms with Crippen molar-refractivity contribution in [1.29, 1.82) is 0 Å². The van der Waals surface area contributed by atoms with E-state index in [0.717, 1.165) is 19.5 Å². The van der Waals surface area contributed by atoms with E-state index >= 15 is 0 Å². The van der Waals surface area contributed by atoms with Gasteiger partial charge < -0.3 is 31.5 Å². The van der Waals surface area contributed by atoms with Gasteiger partial charge in [-0.2, -0.15) is 0 Å². The number of hydrogen-bond acceptors (Lipinski definition) is 10. The lowest BCUT2D eigenvalue weighted by molar-refractivity contribution is -0.384. The Bertz CT molecular complexity index is 1600. The number of para-hydroxylation sites is 2. The highest BCUT2D eigenvalue weighted by molar-refractivity contribution is 5.93. The lowest BCUT2D eigenvalue weighted by atomic mass is 10.2. The number of hydrogen-bond donors (Lipinski definition) is 5. The largest absolute Gasteiger partial charge is 0.350 e. The molecular weight excluding hydrogens is 628 g/mol. The van der Waals surface area contributed by atoms with Crippen molar-refractivity contribution in [2.45, 2.75) is 26.2 Å². The number of carbonyl (C=O) groups is 2. The predicted molar refractivity (Wildman–Crippen MR) is 192 cm³/mol. The minimum atomic E-state index is -0.508. The van der Waals surface area contributed by atoms with Gasteiger partial charge in [-0.05, 0) is 74.6 Å². The fourth-order valence-corrected chi connectivity index (χ4v) is 4.99. The van der Waals surface area contributed by atoms with E-state index < -0.39 is 9.85 Å². The van der Waals surface area contributed by atoms with Crippen molar-refractivity contribution >= 4 is 57.3 Å². The molecule has 0 spiro atoms. The third-order valence-corrected chi connectivity index (χ3v) is 7.45. The number of benzene rings is 4. The summed E-state index contributed by atoms with van der Waals surface area (Å²) in [6, 6.07) is 27.1. The molecule has 5 N–H and O–H groups in total. The number of amides is 2. The molecule has 0 bridgehead atoms. The number of nitrogens with one attached hydrogen (secondary N) is 5. The van der Waals surface area contributed by atoms with Crippen LogP contribution in [0.3, 0.4) is 0 Å². The summed E-state index contributed by atoms with van der Waals surface area (Å²) in [5.74, 6) is -0.647. The molecule has 49 heavy (non-hydrogen) atoms. The van der Waals surface area contributed by atoms with Gasteiger partial charge in [-0.1, -0.05) is 43.3 Å². The second-order valence-corrected chi connectivity index (χ2v) is 11.1. The first-order valence-corrected chi connectivity index (χ1v) is 16.0. The lowest BCUT2D eigenvalue weighted by Crippen LogP contribution is -2.33. The maximum absolute atomic E-state index is 12.9. The van der Waals surface area contributed by atoms with Crippen LogP contribution in [0, 0.1) is 20.2 Å². The molecule has 14 nitrogen and oxygen atoms in total. The summed E-state index contributed by atoms with van der Waals surface area (Å²) in [4.78, 5) is 50.3. The Kier molecular flexibility index (Phi) is 13.6. The number of nitro benzene ring substituents is 2. The quantitative estimate of drug-likeness (QED) is 0.0412. The summed E-state index contributed by atoms with van der Waals surface area (Å²) in [5.41, 5.74) is 2.24. The maximum Gasteiger partial charge on any atom is 0.294 e. The molecule has 2 amide bonds. The Labute approximate surface area is 284 Å². The summed E-state index contributed by atoms with van der Waals surface area (Å²) in [6.45, 7) is 4.94. The summed E-state index contributed by atoms with van der Waals surface area (Å²) < 4.78 is 0. The van der Waals surface area contributed by atoms with Crippen molar-refractivity contribution in [3.05, 3.63) is 117 Å². The number of carbonyl (C=O) groups excluding carboxylic acids is 2. The minimum absolute atomic E-state index is 0.0999. The molecule has 4 aromatic carbocycles. The number of nitro groups is 2. The van der Waals surface area contributed by atoms with Crippen LogP contribution in [0.4, 0.5) is 45.5 Å². The molecule has 0 aliphatic heterocycles. The zero-order valence-electron chi connectivity index (χ0n) is 27.2. The fraction of sp³-hybridized carbons (Fsp3) is 0.257. The Balaban J connectivity index is 1.33. The first-order valence-electron chi connectivity index (χ1n) is 16.0. The van der Waals surface area contributed by atoms with Crippen molar-refractivity contribution in [3.63, 3.8) is 0 Å². The summed E-state index contributed by atoms with van der Waals surface area (Å²) in [7, 11) is 0. The monoisotopic (exact) mass is 668 g/mol. The Morgan fingerprint density at radius 3 is 1.49 bits per heavy atom. The number of anilines is 6. The molecule has 256 valence electrons. The average molecular weight is 669 g/mol. The Morgan fingerprint density at radius 2 is 1.08 bits per heavy atom. The SMILES string of the molecule is CCNCCCN(CCC(=O)Nc1ccc(Nc2ccccc2)c([N+](=O)[O-])c1)CCC(=O)Nc1ccc(Nc2ccccc2)c([N+](=O)[O-])c1. The molecule has 0 aliphatic rings. The van der Waals surface area contributed by atoms with Crippen LogP contribution in [0.1, 0.15) is 26.2 Å². The first kappa shape index (κ1) is 36.0. The zero-order chi connectivity index (χ0) is 35.0. The second kappa shape index (κ2) is 18.5. The molecule has 0 saturated heterocycles. The van der Waals surface area contributed by atoms with Crippen LogP contribution in [0.15, 0.2) is 97.1 Å². The van der Waals surface area contributed by atoms with Crippen LogP contribution in [-0.4, -0.2) is 59.3 Å². The van der Waals surface area contributed by atoms with E-state index in [0.29, 0.717) is 53.8 Å². The van der Waals surface area contributed by atoms with E-state index in [9.17, 15) is 29.8 Å². The Hall–Kier alpha value is -5.86. The summed E-state index contributed by atoms with van der Waals surface area (Å²) >= 11 is 0. The number of rotatable bonds is 19. The molecule has 0 atom stereocenters. The van der Waals surface area contributed by atoms with Gasteiger partial charge >= 0.3 is 0 Å². The molecule has 0 aromatic heterocycles. The van der Waals surface area contributed by atoms with E-state index in [1.165, 1.54) is 12.1 Å². The van der Waals surface area contributed by atoms with Gasteiger partial charge in [0.15, 0.2) is 0 Å². The van der Waals surface area contributed by atoms with Gasteiger partial charge in [0.05, 0.1) is 9.85 Å². The van der Waals surface area contributed by atoms with E-state index in [-0.39, 0.29) is 36.0 Å². The summed E-state index contributed by atoms with van der Waals surface area (Å²) in [5, 5.41) is 38.3. The predicted octanol–water partition coefficient (Wildman–Crippen LogP) is 6.65. The van der Waals surface area contributed by atoms with Gasteiger partial charge in [-0.15, -0.1) is 0 Å². The molecule has 4 rings (SSSR count). The van der Waals surface area contributed by atoms with Gasteiger partial charge in [0, 0.05) is 60.8 Å². The molecule has 4 aromatic rings. The smallest absolute Gasteiger partial charge is 0.294 e. The third-order valence-electron chi connectivity index (χ3n) is 7.45. The van der Waals surface area contributed by atoms with E-state index in [1.54, 1.807) is 48.5 Å². The van der Waals surface area contributed by atoms with E-state index in [4.69, 9.17) is 0 Å². The van der Waals surface area contributed by atoms with Gasteiger partial charge in [0.2, 0.25) is 11.8 Å². The van der Waals surface area contributed by atoms with E-state index in [1.807, 2.05) is 48.2 Å². The highest BCUT2D eigenvalue weighted by Gasteiger charge is 2.18. The van der Waals surface area contributed by atoms with Crippen LogP contribution in [0.25, 0.3) is 0 Å². The van der Waals surface area contributed by atoms with Gasteiger partial charge in [0.1, 0.15) is 11.4 Å². The molecule has 0 aliphatic carbocycles. The standard InChI is InChI=1S/C35H40N8O6/c1-2-36-20-9-21-41(22-18-34(44)39-28-14-16-30(32(24-28)42(46)47)37-26-10-5-3-6-11-26)23-19-35(45)40-29-15-17-31(33(25-29)43(48)49)38-27-12-7-4-8-13-27/h3-8,10-17,24-25,36-38H,2,9,18-23H2,1H3,(H,39,44)(H,40,45). The highest BCUT2D eigenvalue weighted by atomic mass is 16.6. The maximum atomic E-state index is 12.9. The van der Waals surface area contributed by atoms with Crippen LogP contribution in [0.5, 0.6) is 0 Å². The van der Waals surface area contributed by atoms with Crippen LogP contribution in [-0.2, 0) is 9.59 Å². The van der Waals surface area contributed by atoms with Gasteiger partial charge in [0.25, 0.3) is 11.4 Å². The molecule has 0 fully saturated rings. The summed E-state index contributed by atoms with van der Waals surface area (Å²) in [6.07, 6.45) is 0.993. The fourth-order valence-electron chi connectivity index (χ4n) is 4.99. The van der Waals surface area contributed by atoms with Crippen molar-refractivity contribution in [2.24, 2.45) is 0 Å². The van der Waals surface area contributed by atoms with E-state index in [2.05, 4.69) is 26.6 Å². The molecule has 14 heteroatoms. The molecule has 0 radical (unpaired) electrons. The topological polar surface area (TPSA) is 184 Å². The minimum Gasteiger partial charge on any atom is -0.350 e. The molecular formula is C35H40N8O6. The van der Waals surface area contributed by atoms with Crippen LogP contribution in [0.2, 0.25) is 0 Å². The molecule has 0 unspecified atom stereocenters. The Morgan fingerprint density at radius 1 is 0.633 bits per heavy atom. The zero-order valence-corrected chi connectivity index (χ0v) is 27.2. The van der Waals surface area contributed by atoms with Gasteiger partial charge in [-0.3, -0.25) is 29.8 Å². The van der Waals surface area contributed by atoms with Crippen molar-refractivity contribution in [3.8, 4) is 0 Å². The number of nitrogens with zero attached hydrogens (tertiary/aromatic N) is 3. The van der Waals surface area contributed by atoms with Crippen LogP contribution < -0.4 is 26.6 Å². The molecule has 0 heterocycles.